The van der Waals surface area contributed by atoms with Gasteiger partial charge < -0.3 is 15.4 Å². The number of aromatic nitrogens is 2. The van der Waals surface area contributed by atoms with E-state index in [4.69, 9.17) is 4.74 Å². The molecule has 82 valence electrons. The van der Waals surface area contributed by atoms with Crippen molar-refractivity contribution in [2.24, 2.45) is 0 Å². The molecule has 1 unspecified atom stereocenters. The van der Waals surface area contributed by atoms with Crippen LogP contribution in [0.15, 0.2) is 12.3 Å². The number of carbonyl (C=O) groups excluding carboxylic acids is 1. The fourth-order valence-corrected chi connectivity index (χ4v) is 1.67. The Morgan fingerprint density at radius 2 is 2.53 bits per heavy atom. The van der Waals surface area contributed by atoms with Crippen molar-refractivity contribution in [2.75, 3.05) is 20.2 Å². The maximum absolute atomic E-state index is 11.7. The summed E-state index contributed by atoms with van der Waals surface area (Å²) in [6, 6.07) is 1.66. The summed E-state index contributed by atoms with van der Waals surface area (Å²) < 4.78 is 5.24. The Balaban J connectivity index is 1.94. The second-order valence-electron chi connectivity index (χ2n) is 3.48. The molecular formula is C9H14N4O2. The van der Waals surface area contributed by atoms with Crippen LogP contribution in [0.1, 0.15) is 10.5 Å². The third-order valence-electron chi connectivity index (χ3n) is 2.52. The van der Waals surface area contributed by atoms with Gasteiger partial charge in [0.1, 0.15) is 5.69 Å². The van der Waals surface area contributed by atoms with Gasteiger partial charge in [0.25, 0.3) is 5.91 Å². The predicted molar refractivity (Wildman–Crippen MR) is 53.5 cm³/mol. The number of rotatable bonds is 3. The lowest BCUT2D eigenvalue weighted by Crippen LogP contribution is -2.43. The average Bonchev–Trinajstić information content (AvgIpc) is 2.87. The van der Waals surface area contributed by atoms with Crippen molar-refractivity contribution in [1.82, 2.24) is 20.8 Å². The van der Waals surface area contributed by atoms with Crippen molar-refractivity contribution in [2.45, 2.75) is 12.1 Å². The highest BCUT2D eigenvalue weighted by Crippen LogP contribution is 2.04. The van der Waals surface area contributed by atoms with Gasteiger partial charge in [0.05, 0.1) is 12.1 Å². The topological polar surface area (TPSA) is 79.0 Å². The lowest BCUT2D eigenvalue weighted by Gasteiger charge is -2.17. The van der Waals surface area contributed by atoms with Gasteiger partial charge in [0.15, 0.2) is 0 Å². The number of carbonyl (C=O) groups is 1. The van der Waals surface area contributed by atoms with Gasteiger partial charge in [-0.2, -0.15) is 5.10 Å². The van der Waals surface area contributed by atoms with E-state index in [-0.39, 0.29) is 18.1 Å². The summed E-state index contributed by atoms with van der Waals surface area (Å²) in [4.78, 5) is 11.7. The number of H-pyrrole nitrogens is 1. The van der Waals surface area contributed by atoms with E-state index in [1.807, 2.05) is 0 Å². The fraction of sp³-hybridized carbons (Fsp3) is 0.556. The third-order valence-corrected chi connectivity index (χ3v) is 2.52. The summed E-state index contributed by atoms with van der Waals surface area (Å²) in [5, 5.41) is 12.4. The second-order valence-corrected chi connectivity index (χ2v) is 3.48. The summed E-state index contributed by atoms with van der Waals surface area (Å²) in [7, 11) is 1.65. The van der Waals surface area contributed by atoms with E-state index in [2.05, 4.69) is 20.8 Å². The van der Waals surface area contributed by atoms with Crippen molar-refractivity contribution in [1.29, 1.82) is 0 Å². The summed E-state index contributed by atoms with van der Waals surface area (Å²) >= 11 is 0. The number of hydrogen-bond acceptors (Lipinski definition) is 4. The Bertz CT molecular complexity index is 325. The molecule has 0 spiro atoms. The lowest BCUT2D eigenvalue weighted by molar-refractivity contribution is 0.0776. The van der Waals surface area contributed by atoms with Gasteiger partial charge in [-0.3, -0.25) is 9.89 Å². The van der Waals surface area contributed by atoms with Crippen LogP contribution in [-0.4, -0.2) is 48.4 Å². The van der Waals surface area contributed by atoms with Crippen LogP contribution >= 0.6 is 0 Å². The van der Waals surface area contributed by atoms with Crippen LogP contribution in [0.3, 0.4) is 0 Å². The first-order valence-electron chi connectivity index (χ1n) is 4.85. The van der Waals surface area contributed by atoms with Gasteiger partial charge in [0, 0.05) is 26.4 Å². The normalized spacial score (nSPS) is 25.4. The molecule has 0 aromatic carbocycles. The zero-order valence-corrected chi connectivity index (χ0v) is 8.49. The molecule has 1 saturated heterocycles. The molecule has 6 heteroatoms. The molecule has 1 aliphatic heterocycles. The minimum Gasteiger partial charge on any atom is -0.378 e. The van der Waals surface area contributed by atoms with Gasteiger partial charge in [-0.15, -0.1) is 0 Å². The van der Waals surface area contributed by atoms with Crippen LogP contribution in [0.4, 0.5) is 0 Å². The smallest absolute Gasteiger partial charge is 0.269 e. The van der Waals surface area contributed by atoms with Crippen molar-refractivity contribution in [3.63, 3.8) is 0 Å². The Kier molecular flexibility index (Phi) is 2.98. The maximum atomic E-state index is 11.7. The number of amides is 1. The van der Waals surface area contributed by atoms with Crippen LogP contribution in [-0.2, 0) is 4.74 Å². The van der Waals surface area contributed by atoms with Crippen molar-refractivity contribution < 1.29 is 9.53 Å². The molecule has 1 aromatic rings. The van der Waals surface area contributed by atoms with Crippen LogP contribution in [0.2, 0.25) is 0 Å². The zero-order valence-electron chi connectivity index (χ0n) is 8.49. The number of aromatic amines is 1. The molecule has 0 aliphatic carbocycles. The monoisotopic (exact) mass is 210 g/mol. The number of nitrogens with zero attached hydrogens (tertiary/aromatic N) is 1. The van der Waals surface area contributed by atoms with Crippen molar-refractivity contribution in [3.8, 4) is 0 Å². The molecule has 1 amide bonds. The van der Waals surface area contributed by atoms with E-state index in [9.17, 15) is 4.79 Å². The third kappa shape index (κ3) is 2.16. The highest BCUT2D eigenvalue weighted by molar-refractivity contribution is 5.92. The molecule has 1 aromatic heterocycles. The Morgan fingerprint density at radius 1 is 1.67 bits per heavy atom. The second kappa shape index (κ2) is 4.41. The standard InChI is InChI=1S/C9H14N4O2/c1-15-8-5-10-4-7(8)12-9(14)6-2-3-11-13-6/h2-3,7-8,10H,4-5H2,1H3,(H,11,13)(H,12,14)/t7?,8-/m0/s1. The van der Waals surface area contributed by atoms with E-state index in [0.29, 0.717) is 5.69 Å². The van der Waals surface area contributed by atoms with E-state index in [1.54, 1.807) is 19.4 Å². The summed E-state index contributed by atoms with van der Waals surface area (Å²) in [6.07, 6.45) is 1.59. The summed E-state index contributed by atoms with van der Waals surface area (Å²) in [5.74, 6) is -0.150. The van der Waals surface area contributed by atoms with E-state index < -0.39 is 0 Å². The summed E-state index contributed by atoms with van der Waals surface area (Å²) in [6.45, 7) is 1.50. The quantitative estimate of drug-likeness (QED) is 0.605. The van der Waals surface area contributed by atoms with Gasteiger partial charge >= 0.3 is 0 Å². The van der Waals surface area contributed by atoms with Gasteiger partial charge in [0.2, 0.25) is 0 Å². The number of hydrogen-bond donors (Lipinski definition) is 3. The minimum absolute atomic E-state index is 0.0193. The largest absolute Gasteiger partial charge is 0.378 e. The molecule has 1 aliphatic rings. The van der Waals surface area contributed by atoms with Crippen molar-refractivity contribution in [3.05, 3.63) is 18.0 Å². The average molecular weight is 210 g/mol. The molecule has 2 rings (SSSR count). The highest BCUT2D eigenvalue weighted by Gasteiger charge is 2.28. The molecule has 15 heavy (non-hydrogen) atoms. The molecule has 3 N–H and O–H groups in total. The molecule has 2 atom stereocenters. The molecule has 0 saturated carbocycles. The first-order chi connectivity index (χ1) is 7.31. The van der Waals surface area contributed by atoms with Crippen LogP contribution in [0.25, 0.3) is 0 Å². The predicted octanol–water partition coefficient (Wildman–Crippen LogP) is -0.874. The zero-order chi connectivity index (χ0) is 10.7. The minimum atomic E-state index is -0.150. The van der Waals surface area contributed by atoms with Crippen molar-refractivity contribution >= 4 is 5.91 Å². The first-order valence-corrected chi connectivity index (χ1v) is 4.85. The number of ether oxygens (including phenoxy) is 1. The molecule has 2 heterocycles. The van der Waals surface area contributed by atoms with Crippen LogP contribution in [0, 0.1) is 0 Å². The van der Waals surface area contributed by atoms with E-state index in [0.717, 1.165) is 13.1 Å². The first kappa shape index (κ1) is 10.1. The van der Waals surface area contributed by atoms with Gasteiger partial charge in [-0.25, -0.2) is 0 Å². The molecule has 1 fully saturated rings. The van der Waals surface area contributed by atoms with E-state index >= 15 is 0 Å². The van der Waals surface area contributed by atoms with Crippen LogP contribution in [0.5, 0.6) is 0 Å². The number of nitrogens with one attached hydrogen (secondary N) is 3. The molecule has 6 nitrogen and oxygen atoms in total. The van der Waals surface area contributed by atoms with Gasteiger partial charge in [-0.1, -0.05) is 0 Å². The maximum Gasteiger partial charge on any atom is 0.269 e. The fourth-order valence-electron chi connectivity index (χ4n) is 1.67. The molecule has 0 radical (unpaired) electrons. The Morgan fingerprint density at radius 3 is 3.20 bits per heavy atom. The number of methoxy groups -OCH3 is 1. The highest BCUT2D eigenvalue weighted by atomic mass is 16.5. The molecule has 0 bridgehead atoms. The molecular weight excluding hydrogens is 196 g/mol. The Hall–Kier alpha value is -1.40. The Labute approximate surface area is 87.4 Å². The SMILES string of the molecule is CO[C@H]1CNCC1NC(=O)c1ccn[nH]1. The van der Waals surface area contributed by atoms with Gasteiger partial charge in [-0.05, 0) is 6.07 Å². The van der Waals surface area contributed by atoms with Crippen LogP contribution < -0.4 is 10.6 Å². The summed E-state index contributed by atoms with van der Waals surface area (Å²) in [5.41, 5.74) is 0.469. The van der Waals surface area contributed by atoms with E-state index in [1.165, 1.54) is 0 Å². The lowest BCUT2D eigenvalue weighted by atomic mass is 10.2.